The number of rotatable bonds is 2. The molecule has 0 bridgehead atoms. The summed E-state index contributed by atoms with van der Waals surface area (Å²) in [6.45, 7) is 5.88. The molecule has 2 rings (SSSR count). The summed E-state index contributed by atoms with van der Waals surface area (Å²) in [7, 11) is 0. The average Bonchev–Trinajstić information content (AvgIpc) is 2.53. The molecule has 0 N–H and O–H groups in total. The van der Waals surface area contributed by atoms with Crippen LogP contribution in [0.3, 0.4) is 0 Å². The van der Waals surface area contributed by atoms with Crippen LogP contribution in [-0.2, 0) is 4.74 Å². The van der Waals surface area contributed by atoms with Crippen molar-refractivity contribution in [3.05, 3.63) is 29.3 Å². The van der Waals surface area contributed by atoms with Gasteiger partial charge in [0.25, 0.3) is 0 Å². The zero-order valence-electron chi connectivity index (χ0n) is 9.52. The minimum atomic E-state index is -0.303. The fraction of sp³-hybridized carbons (Fsp3) is 0.364. The number of hydrogen-bond donors (Lipinski definition) is 0. The summed E-state index contributed by atoms with van der Waals surface area (Å²) >= 11 is 0. The highest BCUT2D eigenvalue weighted by atomic mass is 16.5. The van der Waals surface area contributed by atoms with Gasteiger partial charge in [0, 0.05) is 0 Å². The first-order chi connectivity index (χ1) is 7.66. The summed E-state index contributed by atoms with van der Waals surface area (Å²) < 4.78 is 6.72. The van der Waals surface area contributed by atoms with Gasteiger partial charge in [-0.3, -0.25) is 0 Å². The van der Waals surface area contributed by atoms with Crippen LogP contribution in [0.2, 0.25) is 0 Å². The molecule has 0 radical (unpaired) electrons. The molecule has 0 amide bonds. The lowest BCUT2D eigenvalue weighted by molar-refractivity contribution is 0.0525. The van der Waals surface area contributed by atoms with Gasteiger partial charge in [-0.2, -0.15) is 5.10 Å². The summed E-state index contributed by atoms with van der Waals surface area (Å²) in [5.41, 5.74) is 3.07. The molecule has 0 saturated carbocycles. The largest absolute Gasteiger partial charge is 0.462 e. The summed E-state index contributed by atoms with van der Waals surface area (Å²) in [4.78, 5) is 15.7. The zero-order chi connectivity index (χ0) is 11.7. The van der Waals surface area contributed by atoms with Crippen LogP contribution in [0.1, 0.15) is 28.5 Å². The van der Waals surface area contributed by atoms with Crippen molar-refractivity contribution in [3.63, 3.8) is 0 Å². The van der Waals surface area contributed by atoms with Crippen LogP contribution in [0.5, 0.6) is 0 Å². The molecule has 0 atom stereocenters. The van der Waals surface area contributed by atoms with Gasteiger partial charge in [0.05, 0.1) is 29.6 Å². The number of fused-ring (bicyclic) bond motifs is 1. The van der Waals surface area contributed by atoms with E-state index in [4.69, 9.17) is 4.74 Å². The molecule has 0 aliphatic rings. The highest BCUT2D eigenvalue weighted by Crippen LogP contribution is 2.21. The number of ether oxygens (including phenoxy) is 1. The number of carbonyl (C=O) groups is 1. The minimum absolute atomic E-state index is 0.303. The predicted octanol–water partition coefficient (Wildman–Crippen LogP) is 1.52. The van der Waals surface area contributed by atoms with Gasteiger partial charge in [-0.25, -0.2) is 14.3 Å². The second-order valence-electron chi connectivity index (χ2n) is 3.51. The maximum atomic E-state index is 11.8. The summed E-state index contributed by atoms with van der Waals surface area (Å²) in [5, 5.41) is 4.10. The highest BCUT2D eigenvalue weighted by Gasteiger charge is 2.20. The molecule has 0 fully saturated rings. The van der Waals surface area contributed by atoms with Crippen LogP contribution in [0.15, 0.2) is 12.5 Å². The molecule has 2 aromatic rings. The molecule has 0 aliphatic heterocycles. The lowest BCUT2D eigenvalue weighted by atomic mass is 10.1. The molecule has 2 heterocycles. The Morgan fingerprint density at radius 1 is 1.50 bits per heavy atom. The third-order valence-corrected chi connectivity index (χ3v) is 2.58. The number of hydrogen-bond acceptors (Lipinski definition) is 4. The first-order valence-corrected chi connectivity index (χ1v) is 5.11. The van der Waals surface area contributed by atoms with Gasteiger partial charge in [-0.05, 0) is 26.3 Å². The van der Waals surface area contributed by atoms with Gasteiger partial charge in [0.1, 0.15) is 6.33 Å². The normalized spacial score (nSPS) is 10.7. The van der Waals surface area contributed by atoms with E-state index < -0.39 is 0 Å². The fourth-order valence-corrected chi connectivity index (χ4v) is 1.83. The Bertz CT molecular complexity index is 506. The van der Waals surface area contributed by atoms with Crippen LogP contribution < -0.4 is 0 Å². The molecular formula is C11H13N3O2. The smallest absolute Gasteiger partial charge is 0.340 e. The number of carbonyl (C=O) groups excluding carboxylic acids is 1. The van der Waals surface area contributed by atoms with Crippen LogP contribution in [0.25, 0.3) is 5.52 Å². The molecule has 0 unspecified atom stereocenters. The van der Waals surface area contributed by atoms with Crippen LogP contribution >= 0.6 is 0 Å². The Hall–Kier alpha value is -1.91. The quantitative estimate of drug-likeness (QED) is 0.718. The minimum Gasteiger partial charge on any atom is -0.462 e. The van der Waals surface area contributed by atoms with E-state index in [1.54, 1.807) is 17.6 Å². The van der Waals surface area contributed by atoms with Gasteiger partial charge in [-0.15, -0.1) is 0 Å². The van der Waals surface area contributed by atoms with E-state index >= 15 is 0 Å². The van der Waals surface area contributed by atoms with Gasteiger partial charge in [0.15, 0.2) is 0 Å². The van der Waals surface area contributed by atoms with E-state index in [0.717, 1.165) is 16.8 Å². The van der Waals surface area contributed by atoms with Crippen molar-refractivity contribution in [1.29, 1.82) is 0 Å². The van der Waals surface area contributed by atoms with Crippen molar-refractivity contribution in [1.82, 2.24) is 14.6 Å². The van der Waals surface area contributed by atoms with Crippen molar-refractivity contribution >= 4 is 11.5 Å². The molecule has 16 heavy (non-hydrogen) atoms. The van der Waals surface area contributed by atoms with Gasteiger partial charge < -0.3 is 4.74 Å². The number of esters is 1. The van der Waals surface area contributed by atoms with E-state index in [2.05, 4.69) is 10.1 Å². The Morgan fingerprint density at radius 2 is 2.25 bits per heavy atom. The third-order valence-electron chi connectivity index (χ3n) is 2.58. The van der Waals surface area contributed by atoms with Crippen molar-refractivity contribution in [2.45, 2.75) is 20.8 Å². The summed E-state index contributed by atoms with van der Waals surface area (Å²) in [6.07, 6.45) is 3.15. The van der Waals surface area contributed by atoms with E-state index in [9.17, 15) is 4.79 Å². The predicted molar refractivity (Wildman–Crippen MR) is 58.4 cm³/mol. The highest BCUT2D eigenvalue weighted by molar-refractivity contribution is 5.95. The van der Waals surface area contributed by atoms with E-state index in [0.29, 0.717) is 12.2 Å². The first kappa shape index (κ1) is 10.6. The topological polar surface area (TPSA) is 56.5 Å². The average molecular weight is 219 g/mol. The van der Waals surface area contributed by atoms with Crippen molar-refractivity contribution in [2.24, 2.45) is 0 Å². The maximum absolute atomic E-state index is 11.8. The van der Waals surface area contributed by atoms with Crippen LogP contribution in [-0.4, -0.2) is 27.2 Å². The molecule has 0 aliphatic carbocycles. The number of nitrogens with zero attached hydrogens (tertiary/aromatic N) is 3. The molecule has 5 heteroatoms. The maximum Gasteiger partial charge on any atom is 0.340 e. The zero-order valence-corrected chi connectivity index (χ0v) is 9.52. The second kappa shape index (κ2) is 3.92. The van der Waals surface area contributed by atoms with E-state index in [-0.39, 0.29) is 5.97 Å². The summed E-state index contributed by atoms with van der Waals surface area (Å²) in [6, 6.07) is 0. The van der Waals surface area contributed by atoms with Crippen LogP contribution in [0, 0.1) is 13.8 Å². The standard InChI is InChI=1S/C11H13N3O2/c1-4-16-11(15)10-7(2)9-5-12-6-13-14(9)8(10)3/h5-6H,4H2,1-3H3. The number of aromatic nitrogens is 3. The van der Waals surface area contributed by atoms with Gasteiger partial charge in [-0.1, -0.05) is 0 Å². The van der Waals surface area contributed by atoms with Gasteiger partial charge >= 0.3 is 5.97 Å². The number of aryl methyl sites for hydroxylation is 2. The summed E-state index contributed by atoms with van der Waals surface area (Å²) in [5.74, 6) is -0.303. The molecule has 0 aromatic carbocycles. The Balaban J connectivity index is 2.66. The second-order valence-corrected chi connectivity index (χ2v) is 3.51. The van der Waals surface area contributed by atoms with Gasteiger partial charge in [0.2, 0.25) is 0 Å². The van der Waals surface area contributed by atoms with Crippen LogP contribution in [0.4, 0.5) is 0 Å². The lowest BCUT2D eigenvalue weighted by Crippen LogP contribution is -2.07. The van der Waals surface area contributed by atoms with Crippen molar-refractivity contribution in [2.75, 3.05) is 6.61 Å². The molecule has 0 spiro atoms. The monoisotopic (exact) mass is 219 g/mol. The molecular weight excluding hydrogens is 206 g/mol. The lowest BCUT2D eigenvalue weighted by Gasteiger charge is -2.01. The first-order valence-electron chi connectivity index (χ1n) is 5.11. The molecule has 5 nitrogen and oxygen atoms in total. The fourth-order valence-electron chi connectivity index (χ4n) is 1.83. The Kier molecular flexibility index (Phi) is 2.60. The SMILES string of the molecule is CCOC(=O)c1c(C)c2cncnn2c1C. The van der Waals surface area contributed by atoms with Crippen molar-refractivity contribution < 1.29 is 9.53 Å². The molecule has 84 valence electrons. The Labute approximate surface area is 93.1 Å². The third kappa shape index (κ3) is 1.44. The van der Waals surface area contributed by atoms with E-state index in [1.807, 2.05) is 13.8 Å². The Morgan fingerprint density at radius 3 is 2.88 bits per heavy atom. The van der Waals surface area contributed by atoms with Crippen molar-refractivity contribution in [3.8, 4) is 0 Å². The van der Waals surface area contributed by atoms with E-state index in [1.165, 1.54) is 6.33 Å². The molecule has 2 aromatic heterocycles. The molecule has 0 saturated heterocycles.